The summed E-state index contributed by atoms with van der Waals surface area (Å²) in [6.45, 7) is 0. The maximum atomic E-state index is 8.93. The third kappa shape index (κ3) is 9.80. The van der Waals surface area contributed by atoms with Crippen molar-refractivity contribution in [2.45, 2.75) is 0 Å². The van der Waals surface area contributed by atoms with Crippen LogP contribution in [0.1, 0.15) is 0 Å². The van der Waals surface area contributed by atoms with Gasteiger partial charge in [-0.2, -0.15) is 0 Å². The summed E-state index contributed by atoms with van der Waals surface area (Å²) >= 11 is 0. The van der Waals surface area contributed by atoms with Crippen LogP contribution in [0.3, 0.4) is 0 Å². The first-order valence-electron chi connectivity index (χ1n) is 1.07. The topological polar surface area (TPSA) is 80.3 Å². The molecule has 0 aromatic heterocycles. The van der Waals surface area contributed by atoms with Crippen molar-refractivity contribution in [1.29, 1.82) is 0 Å². The molecule has 8 heavy (non-hydrogen) atoms. The Hall–Kier alpha value is 0.628. The molecule has 0 aromatic carbocycles. The van der Waals surface area contributed by atoms with Gasteiger partial charge in [0.2, 0.25) is 0 Å². The second kappa shape index (κ2) is 7.63. The average molecular weight is 295 g/mol. The van der Waals surface area contributed by atoms with E-state index in [2.05, 4.69) is 0 Å². The molecule has 0 amide bonds. The van der Waals surface area contributed by atoms with E-state index in [1.807, 2.05) is 0 Å². The molecular weight excluding hydrogens is 295 g/mol. The Bertz CT molecular complexity index is 80.0. The summed E-state index contributed by atoms with van der Waals surface area (Å²) in [4.78, 5) is 17.9. The van der Waals surface area contributed by atoms with Gasteiger partial charge in [0.15, 0.2) is 0 Å². The monoisotopic (exact) mass is 295 g/mol. The molecule has 0 aromatic rings. The quantitative estimate of drug-likeness (QED) is 0.329. The molecule has 0 spiro atoms. The van der Waals surface area contributed by atoms with Gasteiger partial charge in [0, 0.05) is 21.1 Å². The molecular formula is C2NaO4W-. The van der Waals surface area contributed by atoms with E-state index in [-0.39, 0.29) is 50.6 Å². The zero-order chi connectivity index (χ0) is 5.15. The Morgan fingerprint density at radius 3 is 1.12 bits per heavy atom. The van der Waals surface area contributed by atoms with Gasteiger partial charge < -0.3 is 19.8 Å². The van der Waals surface area contributed by atoms with Gasteiger partial charge in [0.1, 0.15) is 0 Å². The van der Waals surface area contributed by atoms with Gasteiger partial charge in [0.25, 0.3) is 0 Å². The standard InChI is InChI=1S/C2H2O4.Na.W/c3-1(4)2(5)6;;/h(H,3,4)(H,5,6);;/q;+1;/p-2. The van der Waals surface area contributed by atoms with Crippen LogP contribution in [0.15, 0.2) is 0 Å². The molecule has 0 aliphatic heterocycles. The summed E-state index contributed by atoms with van der Waals surface area (Å²) in [5, 5.41) is 17.9. The molecule has 0 aliphatic carbocycles. The van der Waals surface area contributed by atoms with Crippen LogP contribution in [-0.4, -0.2) is 11.9 Å². The summed E-state index contributed by atoms with van der Waals surface area (Å²) in [5.41, 5.74) is 0. The molecule has 0 unspecified atom stereocenters. The predicted molar refractivity (Wildman–Crippen MR) is 10.0 cm³/mol. The van der Waals surface area contributed by atoms with E-state index >= 15 is 0 Å². The normalized spacial score (nSPS) is 5.50. The molecule has 0 bridgehead atoms. The maximum absolute atomic E-state index is 8.93. The van der Waals surface area contributed by atoms with Crippen molar-refractivity contribution in [3.63, 3.8) is 0 Å². The van der Waals surface area contributed by atoms with E-state index in [0.717, 1.165) is 0 Å². The van der Waals surface area contributed by atoms with Crippen molar-refractivity contribution in [1.82, 2.24) is 0 Å². The van der Waals surface area contributed by atoms with Crippen molar-refractivity contribution in [3.8, 4) is 0 Å². The van der Waals surface area contributed by atoms with Crippen LogP contribution in [0.4, 0.5) is 0 Å². The van der Waals surface area contributed by atoms with Gasteiger partial charge in [-0.05, 0) is 0 Å². The van der Waals surface area contributed by atoms with Crippen LogP contribution in [0.2, 0.25) is 0 Å². The maximum Gasteiger partial charge on any atom is 1.00 e. The number of rotatable bonds is 0. The molecule has 0 heterocycles. The van der Waals surface area contributed by atoms with E-state index in [9.17, 15) is 0 Å². The first kappa shape index (κ1) is 15.8. The fourth-order valence-corrected chi connectivity index (χ4v) is 0. The first-order valence-corrected chi connectivity index (χ1v) is 1.07. The fraction of sp³-hybridized carbons (Fsp3) is 0. The molecule has 0 fully saturated rings. The zero-order valence-electron chi connectivity index (χ0n) is 4.04. The van der Waals surface area contributed by atoms with Crippen LogP contribution in [0, 0.1) is 0 Å². The molecule has 0 N–H and O–H groups in total. The van der Waals surface area contributed by atoms with Gasteiger partial charge in [-0.15, -0.1) is 0 Å². The Labute approximate surface area is 81.8 Å². The van der Waals surface area contributed by atoms with Crippen LogP contribution in [0.5, 0.6) is 0 Å². The minimum Gasteiger partial charge on any atom is -0.543 e. The van der Waals surface area contributed by atoms with E-state index in [1.165, 1.54) is 0 Å². The summed E-state index contributed by atoms with van der Waals surface area (Å²) in [6.07, 6.45) is 0. The van der Waals surface area contributed by atoms with Crippen molar-refractivity contribution >= 4 is 11.9 Å². The zero-order valence-corrected chi connectivity index (χ0v) is 8.97. The van der Waals surface area contributed by atoms with E-state index in [0.29, 0.717) is 0 Å². The number of hydrogen-bond donors (Lipinski definition) is 0. The van der Waals surface area contributed by atoms with E-state index in [4.69, 9.17) is 19.8 Å². The SMILES string of the molecule is O=C([O-])C(=O)[O-].[Na+].[W]. The smallest absolute Gasteiger partial charge is 0.543 e. The van der Waals surface area contributed by atoms with Gasteiger partial charge in [-0.3, -0.25) is 0 Å². The van der Waals surface area contributed by atoms with Gasteiger partial charge >= 0.3 is 29.6 Å². The van der Waals surface area contributed by atoms with Gasteiger partial charge in [0.05, 0.1) is 11.9 Å². The summed E-state index contributed by atoms with van der Waals surface area (Å²) in [5.74, 6) is -4.37. The summed E-state index contributed by atoms with van der Waals surface area (Å²) in [7, 11) is 0. The number of carbonyl (C=O) groups is 2. The van der Waals surface area contributed by atoms with E-state index < -0.39 is 11.9 Å². The Kier molecular flexibility index (Phi) is 15.1. The number of carboxylic acids is 2. The fourth-order valence-electron chi connectivity index (χ4n) is 0. The molecule has 0 rings (SSSR count). The van der Waals surface area contributed by atoms with Gasteiger partial charge in [-0.1, -0.05) is 0 Å². The molecule has 0 saturated heterocycles. The molecule has 0 radical (unpaired) electrons. The minimum absolute atomic E-state index is 0. The molecule has 0 saturated carbocycles. The Balaban J connectivity index is -0.000000125. The third-order valence-corrected chi connectivity index (χ3v) is 0.167. The van der Waals surface area contributed by atoms with Crippen molar-refractivity contribution in [2.75, 3.05) is 0 Å². The van der Waals surface area contributed by atoms with Crippen LogP contribution in [-0.2, 0) is 30.7 Å². The number of carbonyl (C=O) groups excluding carboxylic acids is 2. The third-order valence-electron chi connectivity index (χ3n) is 0.167. The second-order valence-corrected chi connectivity index (χ2v) is 0.575. The molecule has 0 aliphatic rings. The van der Waals surface area contributed by atoms with Crippen LogP contribution in [0.25, 0.3) is 0 Å². The Morgan fingerprint density at radius 1 is 1.00 bits per heavy atom. The van der Waals surface area contributed by atoms with Crippen LogP contribution < -0.4 is 39.8 Å². The molecule has 0 atom stereocenters. The van der Waals surface area contributed by atoms with Crippen molar-refractivity contribution in [3.05, 3.63) is 0 Å². The van der Waals surface area contributed by atoms with Crippen molar-refractivity contribution in [2.24, 2.45) is 0 Å². The first-order chi connectivity index (χ1) is 2.64. The molecule has 6 heteroatoms. The van der Waals surface area contributed by atoms with Gasteiger partial charge in [-0.25, -0.2) is 0 Å². The van der Waals surface area contributed by atoms with Crippen LogP contribution >= 0.6 is 0 Å². The molecule has 40 valence electrons. The number of aliphatic carboxylic acids is 2. The minimum atomic E-state index is -2.19. The number of hydrogen-bond acceptors (Lipinski definition) is 4. The molecule has 4 nitrogen and oxygen atoms in total. The number of carboxylic acid groups (broad SMARTS) is 2. The summed E-state index contributed by atoms with van der Waals surface area (Å²) in [6, 6.07) is 0. The largest absolute Gasteiger partial charge is 1.00 e. The predicted octanol–water partition coefficient (Wildman–Crippen LogP) is -6.51. The second-order valence-electron chi connectivity index (χ2n) is 0.575. The average Bonchev–Trinajstić information content (AvgIpc) is 1.36. The summed E-state index contributed by atoms with van der Waals surface area (Å²) < 4.78 is 0. The van der Waals surface area contributed by atoms with Crippen molar-refractivity contribution < 1.29 is 70.4 Å². The Morgan fingerprint density at radius 2 is 1.12 bits per heavy atom. The van der Waals surface area contributed by atoms with E-state index in [1.54, 1.807) is 0 Å².